The van der Waals surface area contributed by atoms with Gasteiger partial charge in [-0.1, -0.05) is 29.8 Å². The van der Waals surface area contributed by atoms with E-state index in [0.717, 1.165) is 0 Å². The van der Waals surface area contributed by atoms with Crippen molar-refractivity contribution in [2.24, 2.45) is 0 Å². The van der Waals surface area contributed by atoms with Crippen LogP contribution in [0.4, 0.5) is 15.8 Å². The van der Waals surface area contributed by atoms with E-state index in [9.17, 15) is 4.39 Å². The number of hydrogen-bond donors (Lipinski definition) is 1. The number of halogens is 2. The molecule has 0 spiro atoms. The number of nitriles is 1. The van der Waals surface area contributed by atoms with Crippen molar-refractivity contribution >= 4 is 23.0 Å². The molecule has 0 unspecified atom stereocenters. The number of benzene rings is 2. The molecule has 0 heterocycles. The number of aryl methyl sites for hydroxylation is 1. The second kappa shape index (κ2) is 5.07. The molecule has 2 aromatic rings. The van der Waals surface area contributed by atoms with Crippen LogP contribution in [-0.4, -0.2) is 0 Å². The van der Waals surface area contributed by atoms with Crippen molar-refractivity contribution in [1.82, 2.24) is 0 Å². The van der Waals surface area contributed by atoms with Gasteiger partial charge in [0.25, 0.3) is 0 Å². The highest BCUT2D eigenvalue weighted by atomic mass is 35.5. The molecule has 2 nitrogen and oxygen atoms in total. The Morgan fingerprint density at radius 2 is 1.83 bits per heavy atom. The molecule has 0 saturated carbocycles. The summed E-state index contributed by atoms with van der Waals surface area (Å²) in [6.45, 7) is 1.68. The van der Waals surface area contributed by atoms with Gasteiger partial charge < -0.3 is 5.32 Å². The first-order valence-electron chi connectivity index (χ1n) is 5.34. The lowest BCUT2D eigenvalue weighted by Gasteiger charge is -2.11. The Morgan fingerprint density at radius 3 is 2.56 bits per heavy atom. The zero-order valence-corrected chi connectivity index (χ0v) is 10.4. The van der Waals surface area contributed by atoms with Gasteiger partial charge in [-0.25, -0.2) is 4.39 Å². The maximum atomic E-state index is 13.8. The zero-order chi connectivity index (χ0) is 13.1. The topological polar surface area (TPSA) is 35.8 Å². The second-order valence-electron chi connectivity index (χ2n) is 3.84. The highest BCUT2D eigenvalue weighted by Gasteiger charge is 2.09. The Labute approximate surface area is 110 Å². The molecule has 0 aliphatic carbocycles. The smallest absolute Gasteiger partial charge is 0.149 e. The van der Waals surface area contributed by atoms with E-state index in [1.807, 2.05) is 6.07 Å². The van der Waals surface area contributed by atoms with Crippen molar-refractivity contribution in [2.45, 2.75) is 6.92 Å². The standard InChI is InChI=1S/C14H10ClFN2/c1-9-4-2-7-13(14(9)16)18-12-6-3-5-11(15)10(12)8-17/h2-7,18H,1H3. The van der Waals surface area contributed by atoms with E-state index >= 15 is 0 Å². The van der Waals surface area contributed by atoms with Crippen LogP contribution in [0.3, 0.4) is 0 Å². The molecule has 0 aliphatic rings. The van der Waals surface area contributed by atoms with Crippen molar-refractivity contribution in [3.8, 4) is 6.07 Å². The molecule has 90 valence electrons. The SMILES string of the molecule is Cc1cccc(Nc2cccc(Cl)c2C#N)c1F. The third kappa shape index (κ3) is 2.29. The molecular weight excluding hydrogens is 251 g/mol. The van der Waals surface area contributed by atoms with E-state index in [-0.39, 0.29) is 5.82 Å². The third-order valence-electron chi connectivity index (χ3n) is 2.59. The molecule has 0 aliphatic heterocycles. The van der Waals surface area contributed by atoms with Gasteiger partial charge in [0.1, 0.15) is 11.9 Å². The zero-order valence-electron chi connectivity index (χ0n) is 9.67. The van der Waals surface area contributed by atoms with Crippen molar-refractivity contribution in [1.29, 1.82) is 5.26 Å². The molecule has 0 amide bonds. The second-order valence-corrected chi connectivity index (χ2v) is 4.24. The Hall–Kier alpha value is -2.05. The van der Waals surface area contributed by atoms with E-state index < -0.39 is 0 Å². The minimum atomic E-state index is -0.332. The first-order chi connectivity index (χ1) is 8.63. The fraction of sp³-hybridized carbons (Fsp3) is 0.0714. The molecule has 1 N–H and O–H groups in total. The lowest BCUT2D eigenvalue weighted by Crippen LogP contribution is -1.98. The van der Waals surface area contributed by atoms with Crippen LogP contribution in [0, 0.1) is 24.1 Å². The molecule has 0 atom stereocenters. The summed E-state index contributed by atoms with van der Waals surface area (Å²) in [7, 11) is 0. The third-order valence-corrected chi connectivity index (χ3v) is 2.90. The molecule has 0 aromatic heterocycles. The molecule has 4 heteroatoms. The van der Waals surface area contributed by atoms with E-state index in [1.54, 1.807) is 43.3 Å². The molecule has 2 rings (SSSR count). The largest absolute Gasteiger partial charge is 0.352 e. The fourth-order valence-corrected chi connectivity index (χ4v) is 1.85. The van der Waals surface area contributed by atoms with Gasteiger partial charge in [0.15, 0.2) is 0 Å². The van der Waals surface area contributed by atoms with Crippen LogP contribution in [0.2, 0.25) is 5.02 Å². The highest BCUT2D eigenvalue weighted by molar-refractivity contribution is 6.32. The molecule has 0 saturated heterocycles. The van der Waals surface area contributed by atoms with Crippen LogP contribution >= 0.6 is 11.6 Å². The van der Waals surface area contributed by atoms with E-state index in [2.05, 4.69) is 5.32 Å². The monoisotopic (exact) mass is 260 g/mol. The van der Waals surface area contributed by atoms with E-state index in [4.69, 9.17) is 16.9 Å². The fourth-order valence-electron chi connectivity index (χ4n) is 1.63. The number of nitrogens with one attached hydrogen (secondary N) is 1. The van der Waals surface area contributed by atoms with E-state index in [0.29, 0.717) is 27.5 Å². The number of nitrogens with zero attached hydrogens (tertiary/aromatic N) is 1. The van der Waals surface area contributed by atoms with Crippen LogP contribution < -0.4 is 5.32 Å². The number of rotatable bonds is 2. The van der Waals surface area contributed by atoms with Crippen LogP contribution in [0.25, 0.3) is 0 Å². The van der Waals surface area contributed by atoms with Gasteiger partial charge in [-0.2, -0.15) is 5.26 Å². The van der Waals surface area contributed by atoms with Crippen molar-refractivity contribution in [3.05, 3.63) is 58.4 Å². The molecule has 0 bridgehead atoms. The van der Waals surface area contributed by atoms with Gasteiger partial charge in [-0.05, 0) is 30.7 Å². The maximum absolute atomic E-state index is 13.8. The van der Waals surface area contributed by atoms with Gasteiger partial charge in [0.2, 0.25) is 0 Å². The average Bonchev–Trinajstić information content (AvgIpc) is 2.35. The number of hydrogen-bond acceptors (Lipinski definition) is 2. The summed E-state index contributed by atoms with van der Waals surface area (Å²) in [5, 5.41) is 12.3. The summed E-state index contributed by atoms with van der Waals surface area (Å²) < 4.78 is 13.8. The minimum absolute atomic E-state index is 0.306. The van der Waals surface area contributed by atoms with Crippen molar-refractivity contribution in [3.63, 3.8) is 0 Å². The summed E-state index contributed by atoms with van der Waals surface area (Å²) >= 11 is 5.91. The Morgan fingerprint density at radius 1 is 1.17 bits per heavy atom. The Kier molecular flexibility index (Phi) is 3.50. The lowest BCUT2D eigenvalue weighted by molar-refractivity contribution is 0.622. The van der Waals surface area contributed by atoms with E-state index in [1.165, 1.54) is 0 Å². The first kappa shape index (κ1) is 12.4. The van der Waals surface area contributed by atoms with Gasteiger partial charge in [-0.3, -0.25) is 0 Å². The summed E-state index contributed by atoms with van der Waals surface area (Å²) in [6.07, 6.45) is 0. The van der Waals surface area contributed by atoms with Gasteiger partial charge in [0, 0.05) is 0 Å². The van der Waals surface area contributed by atoms with Gasteiger partial charge in [-0.15, -0.1) is 0 Å². The summed E-state index contributed by atoms with van der Waals surface area (Å²) in [6, 6.07) is 12.1. The van der Waals surface area contributed by atoms with Crippen molar-refractivity contribution < 1.29 is 4.39 Å². The van der Waals surface area contributed by atoms with Crippen molar-refractivity contribution in [2.75, 3.05) is 5.32 Å². The van der Waals surface area contributed by atoms with Crippen LogP contribution in [0.5, 0.6) is 0 Å². The molecule has 0 radical (unpaired) electrons. The van der Waals surface area contributed by atoms with Crippen LogP contribution in [0.15, 0.2) is 36.4 Å². The molecule has 0 fully saturated rings. The maximum Gasteiger partial charge on any atom is 0.149 e. The lowest BCUT2D eigenvalue weighted by atomic mass is 10.1. The highest BCUT2D eigenvalue weighted by Crippen LogP contribution is 2.28. The first-order valence-corrected chi connectivity index (χ1v) is 5.72. The van der Waals surface area contributed by atoms with Gasteiger partial charge in [0.05, 0.1) is 22.0 Å². The Bertz CT molecular complexity index is 632. The molecule has 18 heavy (non-hydrogen) atoms. The Balaban J connectivity index is 2.44. The summed E-state index contributed by atoms with van der Waals surface area (Å²) in [5.74, 6) is -0.332. The summed E-state index contributed by atoms with van der Waals surface area (Å²) in [4.78, 5) is 0. The van der Waals surface area contributed by atoms with Crippen LogP contribution in [0.1, 0.15) is 11.1 Å². The van der Waals surface area contributed by atoms with Crippen LogP contribution in [-0.2, 0) is 0 Å². The quantitative estimate of drug-likeness (QED) is 0.869. The van der Waals surface area contributed by atoms with Gasteiger partial charge >= 0.3 is 0 Å². The number of anilines is 2. The minimum Gasteiger partial charge on any atom is -0.352 e. The molecule has 2 aromatic carbocycles. The normalized spacial score (nSPS) is 9.89. The molecular formula is C14H10ClFN2. The predicted molar refractivity (Wildman–Crippen MR) is 70.6 cm³/mol. The predicted octanol–water partition coefficient (Wildman–Crippen LogP) is 4.40. The summed E-state index contributed by atoms with van der Waals surface area (Å²) in [5.41, 5.74) is 1.67. The average molecular weight is 261 g/mol.